The van der Waals surface area contributed by atoms with E-state index in [0.717, 1.165) is 30.5 Å². The van der Waals surface area contributed by atoms with Crippen molar-refractivity contribution in [1.29, 1.82) is 0 Å². The lowest BCUT2D eigenvalue weighted by atomic mass is 9.73. The molecule has 1 saturated heterocycles. The Hall–Kier alpha value is -0.740. The van der Waals surface area contributed by atoms with E-state index in [4.69, 9.17) is 0 Å². The van der Waals surface area contributed by atoms with Crippen molar-refractivity contribution in [2.75, 3.05) is 6.54 Å². The monoisotopic (exact) mass is 305 g/mol. The van der Waals surface area contributed by atoms with Gasteiger partial charge in [-0.3, -0.25) is 0 Å². The molecule has 3 rings (SSSR count). The minimum Gasteiger partial charge on any atom is -0.309 e. The molecule has 0 unspecified atom stereocenters. The van der Waals surface area contributed by atoms with E-state index in [1.54, 1.807) is 6.07 Å². The fourth-order valence-corrected chi connectivity index (χ4v) is 3.52. The Labute approximate surface area is 123 Å². The smallest absolute Gasteiger partial charge is 0.309 e. The van der Waals surface area contributed by atoms with Gasteiger partial charge in [-0.05, 0) is 60.9 Å². The van der Waals surface area contributed by atoms with E-state index in [2.05, 4.69) is 12.2 Å². The maximum absolute atomic E-state index is 12.7. The van der Waals surface area contributed by atoms with E-state index >= 15 is 0 Å². The van der Waals surface area contributed by atoms with Crippen LogP contribution in [0.3, 0.4) is 0 Å². The molecule has 0 radical (unpaired) electrons. The van der Waals surface area contributed by atoms with Crippen LogP contribution < -0.4 is 5.32 Å². The third-order valence-corrected chi connectivity index (χ3v) is 4.45. The van der Waals surface area contributed by atoms with Gasteiger partial charge in [0.2, 0.25) is 0 Å². The van der Waals surface area contributed by atoms with Crippen molar-refractivity contribution in [2.45, 2.75) is 38.4 Å². The molecule has 112 valence electrons. The molecule has 5 heteroatoms. The molecule has 0 bridgehead atoms. The molecule has 1 aliphatic carbocycles. The maximum Gasteiger partial charge on any atom is 0.416 e. The summed E-state index contributed by atoms with van der Waals surface area (Å²) in [5.74, 6) is 1.24. The highest BCUT2D eigenvalue weighted by molar-refractivity contribution is 5.85. The van der Waals surface area contributed by atoms with Gasteiger partial charge in [-0.25, -0.2) is 0 Å². The average Bonchev–Trinajstić information content (AvgIpc) is 2.36. The first-order valence-electron chi connectivity index (χ1n) is 6.88. The summed E-state index contributed by atoms with van der Waals surface area (Å²) in [6.07, 6.45) is -1.29. The van der Waals surface area contributed by atoms with E-state index in [0.29, 0.717) is 11.8 Å². The average molecular weight is 306 g/mol. The highest BCUT2D eigenvalue weighted by atomic mass is 35.5. The van der Waals surface area contributed by atoms with Gasteiger partial charge in [0.25, 0.3) is 0 Å². The fraction of sp³-hybridized carbons (Fsp3) is 0.600. The first kappa shape index (κ1) is 15.6. The minimum absolute atomic E-state index is 0. The number of benzene rings is 1. The molecule has 3 atom stereocenters. The third kappa shape index (κ3) is 2.82. The van der Waals surface area contributed by atoms with Crippen molar-refractivity contribution in [1.82, 2.24) is 5.32 Å². The molecule has 0 spiro atoms. The quantitative estimate of drug-likeness (QED) is 0.751. The van der Waals surface area contributed by atoms with Gasteiger partial charge < -0.3 is 5.32 Å². The lowest BCUT2D eigenvalue weighted by molar-refractivity contribution is -0.137. The van der Waals surface area contributed by atoms with Crippen LogP contribution in [-0.4, -0.2) is 6.54 Å². The number of hydrogen-bond donors (Lipinski definition) is 1. The Morgan fingerprint density at radius 1 is 1.25 bits per heavy atom. The van der Waals surface area contributed by atoms with Crippen molar-refractivity contribution < 1.29 is 13.2 Å². The molecule has 2 aliphatic rings. The summed E-state index contributed by atoms with van der Waals surface area (Å²) in [5, 5.41) is 3.50. The van der Waals surface area contributed by atoms with Crippen molar-refractivity contribution >= 4 is 12.4 Å². The van der Waals surface area contributed by atoms with Crippen LogP contribution in [0.25, 0.3) is 0 Å². The van der Waals surface area contributed by atoms with Crippen LogP contribution >= 0.6 is 12.4 Å². The molecule has 1 N–H and O–H groups in total. The number of alkyl halides is 3. The van der Waals surface area contributed by atoms with Crippen LogP contribution in [0.15, 0.2) is 18.2 Å². The standard InChI is InChI=1S/C15H18F3N.ClH/c1-9-6-11-3-2-10-7-12(15(16,17)18)4-5-13(10)14(11)19-8-9;/h4-5,7,9,11,14,19H,2-3,6,8H2,1H3;1H/t9-,11+,14-;/m1./s1. The second kappa shape index (κ2) is 5.57. The fourth-order valence-electron chi connectivity index (χ4n) is 3.52. The molecule has 0 aromatic heterocycles. The van der Waals surface area contributed by atoms with E-state index in [-0.39, 0.29) is 18.4 Å². The topological polar surface area (TPSA) is 12.0 Å². The van der Waals surface area contributed by atoms with Crippen LogP contribution in [0.5, 0.6) is 0 Å². The molecule has 1 aliphatic heterocycles. The third-order valence-electron chi connectivity index (χ3n) is 4.45. The van der Waals surface area contributed by atoms with Crippen LogP contribution in [0.1, 0.15) is 42.5 Å². The Kier molecular flexibility index (Phi) is 4.35. The normalized spacial score (nSPS) is 29.1. The number of rotatable bonds is 0. The van der Waals surface area contributed by atoms with E-state index in [9.17, 15) is 13.2 Å². The van der Waals surface area contributed by atoms with Crippen LogP contribution in [0.2, 0.25) is 0 Å². The summed E-state index contributed by atoms with van der Waals surface area (Å²) >= 11 is 0. The van der Waals surface area contributed by atoms with Crippen molar-refractivity contribution in [3.05, 3.63) is 34.9 Å². The summed E-state index contributed by atoms with van der Waals surface area (Å²) in [5.41, 5.74) is 1.43. The Morgan fingerprint density at radius 2 is 2.00 bits per heavy atom. The Bertz CT molecular complexity index is 486. The van der Waals surface area contributed by atoms with Gasteiger partial charge in [0.1, 0.15) is 0 Å². The number of aryl methyl sites for hydroxylation is 1. The van der Waals surface area contributed by atoms with E-state index < -0.39 is 11.7 Å². The first-order valence-corrected chi connectivity index (χ1v) is 6.88. The van der Waals surface area contributed by atoms with E-state index in [1.807, 2.05) is 0 Å². The maximum atomic E-state index is 12.7. The number of hydrogen-bond acceptors (Lipinski definition) is 1. The summed E-state index contributed by atoms with van der Waals surface area (Å²) in [7, 11) is 0. The van der Waals surface area contributed by atoms with Gasteiger partial charge in [0.15, 0.2) is 0 Å². The second-order valence-electron chi connectivity index (χ2n) is 5.94. The van der Waals surface area contributed by atoms with Crippen molar-refractivity contribution in [3.63, 3.8) is 0 Å². The molecular weight excluding hydrogens is 287 g/mol. The predicted octanol–water partition coefficient (Wildman–Crippen LogP) is 4.36. The van der Waals surface area contributed by atoms with Crippen LogP contribution in [-0.2, 0) is 12.6 Å². The highest BCUT2D eigenvalue weighted by Crippen LogP contribution is 2.42. The van der Waals surface area contributed by atoms with Gasteiger partial charge >= 0.3 is 6.18 Å². The highest BCUT2D eigenvalue weighted by Gasteiger charge is 2.36. The molecule has 1 nitrogen and oxygen atoms in total. The number of nitrogens with one attached hydrogen (secondary N) is 1. The van der Waals surface area contributed by atoms with Gasteiger partial charge in [-0.15, -0.1) is 12.4 Å². The zero-order valence-corrected chi connectivity index (χ0v) is 12.2. The molecule has 20 heavy (non-hydrogen) atoms. The number of piperidine rings is 1. The predicted molar refractivity (Wildman–Crippen MR) is 75.0 cm³/mol. The minimum atomic E-state index is -4.24. The van der Waals surface area contributed by atoms with Crippen LogP contribution in [0, 0.1) is 11.8 Å². The summed E-state index contributed by atoms with van der Waals surface area (Å²) < 4.78 is 38.2. The molecule has 0 saturated carbocycles. The number of fused-ring (bicyclic) bond motifs is 3. The van der Waals surface area contributed by atoms with Gasteiger partial charge in [0, 0.05) is 6.04 Å². The van der Waals surface area contributed by atoms with Crippen molar-refractivity contribution in [3.8, 4) is 0 Å². The summed E-state index contributed by atoms with van der Waals surface area (Å²) in [6.45, 7) is 3.19. The van der Waals surface area contributed by atoms with Gasteiger partial charge in [-0.2, -0.15) is 13.2 Å². The van der Waals surface area contributed by atoms with Gasteiger partial charge in [0.05, 0.1) is 5.56 Å². The Morgan fingerprint density at radius 3 is 2.70 bits per heavy atom. The molecule has 1 fully saturated rings. The van der Waals surface area contributed by atoms with Gasteiger partial charge in [-0.1, -0.05) is 13.0 Å². The summed E-state index contributed by atoms with van der Waals surface area (Å²) in [4.78, 5) is 0. The first-order chi connectivity index (χ1) is 8.95. The van der Waals surface area contributed by atoms with Crippen molar-refractivity contribution in [2.24, 2.45) is 11.8 Å². The molecule has 1 aromatic rings. The SMILES string of the molecule is C[C@H]1CN[C@H]2c3ccc(C(F)(F)F)cc3CC[C@H]2C1.Cl. The number of halogens is 4. The molecule has 1 heterocycles. The summed E-state index contributed by atoms with van der Waals surface area (Å²) in [6, 6.07) is 4.49. The molecular formula is C15H19ClF3N. The molecule has 0 amide bonds. The Balaban J connectivity index is 0.00000147. The zero-order chi connectivity index (χ0) is 13.6. The second-order valence-corrected chi connectivity index (χ2v) is 5.94. The largest absolute Gasteiger partial charge is 0.416 e. The van der Waals surface area contributed by atoms with Crippen LogP contribution in [0.4, 0.5) is 13.2 Å². The lowest BCUT2D eigenvalue weighted by Crippen LogP contribution is -2.41. The molecule has 1 aromatic carbocycles. The zero-order valence-electron chi connectivity index (χ0n) is 11.3. The van der Waals surface area contributed by atoms with E-state index in [1.165, 1.54) is 18.6 Å². The lowest BCUT2D eigenvalue weighted by Gasteiger charge is -2.40.